The summed E-state index contributed by atoms with van der Waals surface area (Å²) in [6.45, 7) is 1.26. The van der Waals surface area contributed by atoms with E-state index in [0.29, 0.717) is 16.5 Å². The molecule has 0 aliphatic carbocycles. The molecule has 0 saturated heterocycles. The molecule has 1 aromatic carbocycles. The lowest BCUT2D eigenvalue weighted by Crippen LogP contribution is -1.83. The van der Waals surface area contributed by atoms with Gasteiger partial charge >= 0.3 is 6.79 Å². The Bertz CT molecular complexity index is 260. The van der Waals surface area contributed by atoms with Crippen LogP contribution in [0.15, 0.2) is 18.2 Å². The highest BCUT2D eigenvalue weighted by atomic mass is 35.5. The van der Waals surface area contributed by atoms with Crippen molar-refractivity contribution in [3.05, 3.63) is 30.0 Å². The summed E-state index contributed by atoms with van der Waals surface area (Å²) in [5.74, 6) is 1.27. The fraction of sp³-hybridized carbons (Fsp3) is 0. The molecule has 0 N–H and O–H groups in total. The van der Waals surface area contributed by atoms with Gasteiger partial charge in [0.15, 0.2) is 11.5 Å². The summed E-state index contributed by atoms with van der Waals surface area (Å²) in [5, 5.41) is 0.575. The van der Waals surface area contributed by atoms with Crippen LogP contribution in [0, 0.1) is 6.79 Å². The van der Waals surface area contributed by atoms with Gasteiger partial charge in [-0.3, -0.25) is 0 Å². The molecular formula is C7H4ClO2. The fourth-order valence-electron chi connectivity index (χ4n) is 0.820. The van der Waals surface area contributed by atoms with Crippen LogP contribution in [-0.2, 0) is 0 Å². The zero-order chi connectivity index (χ0) is 6.97. The van der Waals surface area contributed by atoms with E-state index in [2.05, 4.69) is 0 Å². The van der Waals surface area contributed by atoms with Gasteiger partial charge in [0.05, 0.1) is 5.02 Å². The normalized spacial score (nSPS) is 13.7. The average Bonchev–Trinajstić information content (AvgIpc) is 2.36. The van der Waals surface area contributed by atoms with Crippen molar-refractivity contribution in [2.75, 3.05) is 0 Å². The molecule has 0 bridgehead atoms. The minimum Gasteiger partial charge on any atom is -0.444 e. The molecule has 51 valence electrons. The smallest absolute Gasteiger partial charge is 0.316 e. The second-order valence-electron chi connectivity index (χ2n) is 1.90. The van der Waals surface area contributed by atoms with Gasteiger partial charge in [0, 0.05) is 0 Å². The van der Waals surface area contributed by atoms with Gasteiger partial charge in [0.1, 0.15) is 0 Å². The average molecular weight is 156 g/mol. The van der Waals surface area contributed by atoms with Crippen molar-refractivity contribution in [2.45, 2.75) is 0 Å². The van der Waals surface area contributed by atoms with E-state index in [-0.39, 0.29) is 0 Å². The predicted octanol–water partition coefficient (Wildman–Crippen LogP) is 2.23. The molecule has 10 heavy (non-hydrogen) atoms. The number of ether oxygens (including phenoxy) is 2. The predicted molar refractivity (Wildman–Crippen MR) is 37.0 cm³/mol. The molecule has 1 radical (unpaired) electrons. The van der Waals surface area contributed by atoms with Crippen LogP contribution >= 0.6 is 11.6 Å². The number of hydrogen-bond donors (Lipinski definition) is 0. The van der Waals surface area contributed by atoms with Gasteiger partial charge < -0.3 is 9.47 Å². The van der Waals surface area contributed by atoms with Crippen molar-refractivity contribution in [2.24, 2.45) is 0 Å². The molecule has 1 aliphatic rings. The zero-order valence-electron chi connectivity index (χ0n) is 5.00. The highest BCUT2D eigenvalue weighted by molar-refractivity contribution is 6.32. The summed E-state index contributed by atoms with van der Waals surface area (Å²) in [6, 6.07) is 5.36. The summed E-state index contributed by atoms with van der Waals surface area (Å²) in [4.78, 5) is 0. The third-order valence-corrected chi connectivity index (χ3v) is 1.57. The molecule has 2 nitrogen and oxygen atoms in total. The first-order valence-electron chi connectivity index (χ1n) is 2.81. The van der Waals surface area contributed by atoms with E-state index in [4.69, 9.17) is 21.1 Å². The Morgan fingerprint density at radius 3 is 2.90 bits per heavy atom. The highest BCUT2D eigenvalue weighted by Crippen LogP contribution is 2.39. The molecule has 0 amide bonds. The third-order valence-electron chi connectivity index (χ3n) is 1.27. The summed E-state index contributed by atoms with van der Waals surface area (Å²) in [7, 11) is 0. The lowest BCUT2D eigenvalue weighted by molar-refractivity contribution is 0.270. The Hall–Kier alpha value is -0.890. The minimum atomic E-state index is 0.575. The molecule has 0 aromatic heterocycles. The Morgan fingerprint density at radius 2 is 2.10 bits per heavy atom. The Balaban J connectivity index is 2.59. The van der Waals surface area contributed by atoms with Crippen LogP contribution in [0.4, 0.5) is 0 Å². The topological polar surface area (TPSA) is 18.5 Å². The van der Waals surface area contributed by atoms with Gasteiger partial charge in [-0.15, -0.1) is 0 Å². The van der Waals surface area contributed by atoms with Crippen molar-refractivity contribution in [1.82, 2.24) is 0 Å². The molecule has 0 spiro atoms. The second kappa shape index (κ2) is 2.06. The molecule has 2 rings (SSSR count). The molecule has 0 saturated carbocycles. The maximum Gasteiger partial charge on any atom is 0.316 e. The van der Waals surface area contributed by atoms with Gasteiger partial charge in [-0.05, 0) is 12.1 Å². The van der Waals surface area contributed by atoms with E-state index < -0.39 is 0 Å². The first-order chi connectivity index (χ1) is 4.88. The van der Waals surface area contributed by atoms with E-state index in [1.807, 2.05) is 6.07 Å². The van der Waals surface area contributed by atoms with Crippen LogP contribution in [0.3, 0.4) is 0 Å². The number of rotatable bonds is 0. The summed E-state index contributed by atoms with van der Waals surface area (Å²) >= 11 is 5.74. The highest BCUT2D eigenvalue weighted by Gasteiger charge is 2.16. The van der Waals surface area contributed by atoms with Crippen LogP contribution in [-0.4, -0.2) is 0 Å². The van der Waals surface area contributed by atoms with E-state index >= 15 is 0 Å². The molecule has 0 atom stereocenters. The number of para-hydroxylation sites is 1. The monoisotopic (exact) mass is 155 g/mol. The van der Waals surface area contributed by atoms with Crippen LogP contribution in [0.25, 0.3) is 0 Å². The largest absolute Gasteiger partial charge is 0.444 e. The van der Waals surface area contributed by atoms with Crippen LogP contribution in [0.2, 0.25) is 5.02 Å². The van der Waals surface area contributed by atoms with E-state index in [9.17, 15) is 0 Å². The quantitative estimate of drug-likeness (QED) is 0.572. The number of hydrogen-bond acceptors (Lipinski definition) is 2. The van der Waals surface area contributed by atoms with Gasteiger partial charge in [0.2, 0.25) is 0 Å². The standard InChI is InChI=1S/C7H4ClO2/c8-5-2-1-3-6-7(5)10-4-9-6/h1-4H. The Kier molecular flexibility index (Phi) is 1.21. The van der Waals surface area contributed by atoms with Crippen molar-refractivity contribution < 1.29 is 9.47 Å². The lowest BCUT2D eigenvalue weighted by Gasteiger charge is -1.94. The molecule has 3 heteroatoms. The molecule has 1 heterocycles. The van der Waals surface area contributed by atoms with Gasteiger partial charge in [-0.1, -0.05) is 17.7 Å². The number of halogens is 1. The fourth-order valence-corrected chi connectivity index (χ4v) is 1.03. The third kappa shape index (κ3) is 0.727. The van der Waals surface area contributed by atoms with E-state index in [1.165, 1.54) is 6.79 Å². The Morgan fingerprint density at radius 1 is 1.20 bits per heavy atom. The van der Waals surface area contributed by atoms with Crippen LogP contribution < -0.4 is 9.47 Å². The van der Waals surface area contributed by atoms with E-state index in [1.54, 1.807) is 12.1 Å². The van der Waals surface area contributed by atoms with E-state index in [0.717, 1.165) is 0 Å². The molecule has 1 aromatic rings. The molecule has 0 unspecified atom stereocenters. The zero-order valence-corrected chi connectivity index (χ0v) is 5.76. The maximum absolute atomic E-state index is 5.74. The lowest BCUT2D eigenvalue weighted by atomic mass is 10.3. The van der Waals surface area contributed by atoms with Crippen LogP contribution in [0.5, 0.6) is 11.5 Å². The van der Waals surface area contributed by atoms with Crippen molar-refractivity contribution in [3.8, 4) is 11.5 Å². The number of fused-ring (bicyclic) bond motifs is 1. The van der Waals surface area contributed by atoms with Crippen molar-refractivity contribution >= 4 is 11.6 Å². The van der Waals surface area contributed by atoms with Gasteiger partial charge in [-0.2, -0.15) is 0 Å². The molecule has 1 aliphatic heterocycles. The second-order valence-corrected chi connectivity index (χ2v) is 2.31. The number of benzene rings is 1. The van der Waals surface area contributed by atoms with Crippen molar-refractivity contribution in [3.63, 3.8) is 0 Å². The maximum atomic E-state index is 5.74. The summed E-state index contributed by atoms with van der Waals surface area (Å²) in [5.41, 5.74) is 0. The first kappa shape index (κ1) is 5.86. The first-order valence-corrected chi connectivity index (χ1v) is 3.19. The van der Waals surface area contributed by atoms with Gasteiger partial charge in [0.25, 0.3) is 0 Å². The van der Waals surface area contributed by atoms with Crippen molar-refractivity contribution in [1.29, 1.82) is 0 Å². The molecular weight excluding hydrogens is 152 g/mol. The summed E-state index contributed by atoms with van der Waals surface area (Å²) < 4.78 is 9.90. The van der Waals surface area contributed by atoms with Gasteiger partial charge in [-0.25, -0.2) is 0 Å². The molecule has 0 fully saturated rings. The SMILES string of the molecule is Clc1cccc2c1O[CH]O2. The summed E-state index contributed by atoms with van der Waals surface area (Å²) in [6.07, 6.45) is 0. The minimum absolute atomic E-state index is 0.575. The van der Waals surface area contributed by atoms with Crippen LogP contribution in [0.1, 0.15) is 0 Å². The Labute approximate surface area is 63.3 Å².